The van der Waals surface area contributed by atoms with Crippen LogP contribution in [-0.2, 0) is 12.2 Å². The first-order chi connectivity index (χ1) is 10.2. The molecule has 0 spiro atoms. The van der Waals surface area contributed by atoms with Crippen molar-refractivity contribution in [1.82, 2.24) is 10.2 Å². The second kappa shape index (κ2) is 10.3. The molecule has 0 atom stereocenters. The Morgan fingerprint density at radius 3 is 2.50 bits per heavy atom. The topological polar surface area (TPSA) is 66.6 Å². The summed E-state index contributed by atoms with van der Waals surface area (Å²) in [5.74, 6) is 1.30. The second-order valence-corrected chi connectivity index (χ2v) is 6.36. The molecule has 0 radical (unpaired) electrons. The summed E-state index contributed by atoms with van der Waals surface area (Å²) in [5, 5.41) is 9.95. The van der Waals surface area contributed by atoms with E-state index < -0.39 is 0 Å². The average Bonchev–Trinajstić information content (AvgIpc) is 2.91. The van der Waals surface area contributed by atoms with Gasteiger partial charge in [0.05, 0.1) is 6.54 Å². The van der Waals surface area contributed by atoms with Crippen LogP contribution < -0.4 is 18.1 Å². The van der Waals surface area contributed by atoms with E-state index in [9.17, 15) is 0 Å². The molecule has 122 valence electrons. The van der Waals surface area contributed by atoms with Crippen LogP contribution in [0, 0.1) is 0 Å². The maximum atomic E-state index is 6.13. The summed E-state index contributed by atoms with van der Waals surface area (Å²) in [6.45, 7) is 0.976. The van der Waals surface area contributed by atoms with E-state index in [1.54, 1.807) is 0 Å². The van der Waals surface area contributed by atoms with E-state index in [1.165, 1.54) is 11.8 Å². The van der Waals surface area contributed by atoms with Crippen LogP contribution in [0.15, 0.2) is 27.8 Å². The SMILES string of the molecule is [Cl-].[NH3+]CCCCCc1nnc(SCc2c(Cl)cccc2Cl)o1. The zero-order valence-electron chi connectivity index (χ0n) is 12.0. The number of aromatic nitrogens is 2. The van der Waals surface area contributed by atoms with Crippen molar-refractivity contribution in [3.8, 4) is 0 Å². The lowest BCUT2D eigenvalue weighted by Crippen LogP contribution is -3.00. The van der Waals surface area contributed by atoms with Gasteiger partial charge >= 0.3 is 0 Å². The Balaban J connectivity index is 0.00000242. The summed E-state index contributed by atoms with van der Waals surface area (Å²) in [6, 6.07) is 5.48. The van der Waals surface area contributed by atoms with Gasteiger partial charge in [-0.1, -0.05) is 41.0 Å². The van der Waals surface area contributed by atoms with E-state index in [4.69, 9.17) is 27.6 Å². The van der Waals surface area contributed by atoms with Crippen molar-refractivity contribution >= 4 is 35.0 Å². The number of quaternary nitrogens is 1. The second-order valence-electron chi connectivity index (χ2n) is 4.61. The third-order valence-corrected chi connectivity index (χ3v) is 4.54. The molecule has 0 aliphatic carbocycles. The summed E-state index contributed by atoms with van der Waals surface area (Å²) >= 11 is 13.7. The first kappa shape index (κ1) is 19.6. The molecule has 2 rings (SSSR count). The molecule has 2 aromatic rings. The van der Waals surface area contributed by atoms with E-state index in [2.05, 4.69) is 15.9 Å². The van der Waals surface area contributed by atoms with Gasteiger partial charge in [0, 0.05) is 22.2 Å². The Hall–Kier alpha value is -0.460. The standard InChI is InChI=1S/C14H17Cl2N3OS.ClH/c15-11-5-4-6-12(16)10(11)9-21-14-19-18-13(20-14)7-2-1-3-8-17;/h4-6H,1-3,7-9,17H2;1H. The maximum Gasteiger partial charge on any atom is 0.276 e. The lowest BCUT2D eigenvalue weighted by Gasteiger charge is -2.04. The van der Waals surface area contributed by atoms with Crippen LogP contribution in [0.4, 0.5) is 0 Å². The number of unbranched alkanes of at least 4 members (excludes halogenated alkanes) is 2. The van der Waals surface area contributed by atoms with Crippen LogP contribution in [0.3, 0.4) is 0 Å². The highest BCUT2D eigenvalue weighted by molar-refractivity contribution is 7.98. The molecule has 1 aromatic heterocycles. The normalized spacial score (nSPS) is 10.5. The van der Waals surface area contributed by atoms with Crippen molar-refractivity contribution < 1.29 is 22.6 Å². The smallest absolute Gasteiger partial charge is 0.276 e. The van der Waals surface area contributed by atoms with Gasteiger partial charge in [0.15, 0.2) is 0 Å². The van der Waals surface area contributed by atoms with Crippen LogP contribution in [0.2, 0.25) is 10.0 Å². The van der Waals surface area contributed by atoms with Crippen molar-refractivity contribution in [2.45, 2.75) is 36.7 Å². The fourth-order valence-electron chi connectivity index (χ4n) is 1.83. The van der Waals surface area contributed by atoms with Crippen molar-refractivity contribution in [2.75, 3.05) is 6.54 Å². The fraction of sp³-hybridized carbons (Fsp3) is 0.429. The number of hydrogen-bond donors (Lipinski definition) is 1. The summed E-state index contributed by atoms with van der Waals surface area (Å²) in [4.78, 5) is 0. The molecule has 0 amide bonds. The Labute approximate surface area is 150 Å². The molecule has 1 aromatic carbocycles. The molecule has 8 heteroatoms. The highest BCUT2D eigenvalue weighted by Gasteiger charge is 2.10. The minimum Gasteiger partial charge on any atom is -1.00 e. The predicted molar refractivity (Wildman–Crippen MR) is 85.6 cm³/mol. The van der Waals surface area contributed by atoms with Crippen molar-refractivity contribution in [1.29, 1.82) is 0 Å². The van der Waals surface area contributed by atoms with Crippen LogP contribution in [-0.4, -0.2) is 16.7 Å². The summed E-state index contributed by atoms with van der Waals surface area (Å²) in [7, 11) is 0. The van der Waals surface area contributed by atoms with E-state index >= 15 is 0 Å². The van der Waals surface area contributed by atoms with Gasteiger partial charge in [-0.05, 0) is 37.0 Å². The highest BCUT2D eigenvalue weighted by atomic mass is 35.5. The molecule has 0 saturated heterocycles. The third-order valence-electron chi connectivity index (χ3n) is 2.99. The first-order valence-electron chi connectivity index (χ1n) is 6.88. The molecular weight excluding hydrogens is 365 g/mol. The molecule has 0 aliphatic rings. The number of hydrogen-bond acceptors (Lipinski definition) is 4. The number of halogens is 3. The highest BCUT2D eigenvalue weighted by Crippen LogP contribution is 2.31. The number of nitrogens with zero attached hydrogens (tertiary/aromatic N) is 2. The maximum absolute atomic E-state index is 6.13. The van der Waals surface area contributed by atoms with E-state index in [-0.39, 0.29) is 12.4 Å². The Kier molecular flexibility index (Phi) is 9.21. The minimum atomic E-state index is 0. The van der Waals surface area contributed by atoms with E-state index in [0.717, 1.165) is 37.8 Å². The monoisotopic (exact) mass is 381 g/mol. The van der Waals surface area contributed by atoms with Gasteiger partial charge in [0.2, 0.25) is 5.89 Å². The summed E-state index contributed by atoms with van der Waals surface area (Å²) < 4.78 is 5.60. The van der Waals surface area contributed by atoms with Crippen molar-refractivity contribution in [3.05, 3.63) is 39.7 Å². The molecule has 1 heterocycles. The van der Waals surface area contributed by atoms with Crippen molar-refractivity contribution in [2.24, 2.45) is 0 Å². The molecule has 0 bridgehead atoms. The molecule has 0 unspecified atom stereocenters. The van der Waals surface area contributed by atoms with Crippen LogP contribution in [0.5, 0.6) is 0 Å². The molecule has 22 heavy (non-hydrogen) atoms. The molecule has 0 saturated carbocycles. The number of aryl methyl sites for hydroxylation is 1. The average molecular weight is 383 g/mol. The minimum absolute atomic E-state index is 0. The van der Waals surface area contributed by atoms with Gasteiger partial charge in [-0.15, -0.1) is 10.2 Å². The van der Waals surface area contributed by atoms with Crippen LogP contribution >= 0.6 is 35.0 Å². The first-order valence-corrected chi connectivity index (χ1v) is 8.62. The molecule has 0 fully saturated rings. The largest absolute Gasteiger partial charge is 1.00 e. The molecule has 0 aliphatic heterocycles. The predicted octanol–water partition coefficient (Wildman–Crippen LogP) is 0.627. The van der Waals surface area contributed by atoms with Gasteiger partial charge < -0.3 is 22.6 Å². The number of rotatable bonds is 8. The molecule has 3 N–H and O–H groups in total. The van der Waals surface area contributed by atoms with Crippen molar-refractivity contribution in [3.63, 3.8) is 0 Å². The summed E-state index contributed by atoms with van der Waals surface area (Å²) in [6.07, 6.45) is 4.16. The Bertz CT molecular complexity index is 560. The summed E-state index contributed by atoms with van der Waals surface area (Å²) in [5.41, 5.74) is 4.72. The Morgan fingerprint density at radius 2 is 1.82 bits per heavy atom. The molecular formula is C14H18Cl3N3OS. The lowest BCUT2D eigenvalue weighted by molar-refractivity contribution is -0.368. The molecule has 4 nitrogen and oxygen atoms in total. The van der Waals surface area contributed by atoms with Gasteiger partial charge in [-0.3, -0.25) is 0 Å². The van der Waals surface area contributed by atoms with Crippen LogP contribution in [0.1, 0.15) is 30.7 Å². The number of benzene rings is 1. The van der Waals surface area contributed by atoms with Gasteiger partial charge in [0.1, 0.15) is 0 Å². The zero-order chi connectivity index (χ0) is 15.1. The number of thioether (sulfide) groups is 1. The van der Waals surface area contributed by atoms with Gasteiger partial charge in [0.25, 0.3) is 5.22 Å². The van der Waals surface area contributed by atoms with E-state index in [0.29, 0.717) is 26.9 Å². The zero-order valence-corrected chi connectivity index (χ0v) is 15.1. The van der Waals surface area contributed by atoms with E-state index in [1.807, 2.05) is 18.2 Å². The quantitative estimate of drug-likeness (QED) is 0.537. The lowest BCUT2D eigenvalue weighted by atomic mass is 10.2. The third kappa shape index (κ3) is 5.97. The Morgan fingerprint density at radius 1 is 1.09 bits per heavy atom. The van der Waals surface area contributed by atoms with Gasteiger partial charge in [-0.2, -0.15) is 0 Å². The fourth-order valence-corrected chi connectivity index (χ4v) is 3.35. The van der Waals surface area contributed by atoms with Gasteiger partial charge in [-0.25, -0.2) is 0 Å². The van der Waals surface area contributed by atoms with Crippen LogP contribution in [0.25, 0.3) is 0 Å².